The van der Waals surface area contributed by atoms with Gasteiger partial charge in [0.1, 0.15) is 13.2 Å². The van der Waals surface area contributed by atoms with Gasteiger partial charge in [0.15, 0.2) is 6.10 Å². The Labute approximate surface area is 336 Å². The zero-order valence-corrected chi connectivity index (χ0v) is 36.8. The van der Waals surface area contributed by atoms with Crippen molar-refractivity contribution >= 4 is 17.9 Å². The van der Waals surface area contributed by atoms with Crippen LogP contribution in [0.3, 0.4) is 0 Å². The fourth-order valence-corrected chi connectivity index (χ4v) is 7.11. The Morgan fingerprint density at radius 1 is 0.352 bits per heavy atom. The van der Waals surface area contributed by atoms with Crippen LogP contribution in [0.15, 0.2) is 0 Å². The van der Waals surface area contributed by atoms with E-state index in [0.717, 1.165) is 69.6 Å². The van der Waals surface area contributed by atoms with E-state index in [1.165, 1.54) is 148 Å². The number of ether oxygens (including phenoxy) is 3. The lowest BCUT2D eigenvalue weighted by atomic mass is 10.0. The van der Waals surface area contributed by atoms with Crippen LogP contribution in [0.2, 0.25) is 0 Å². The molecule has 1 atom stereocenters. The summed E-state index contributed by atoms with van der Waals surface area (Å²) >= 11 is 0. The van der Waals surface area contributed by atoms with Crippen LogP contribution in [-0.4, -0.2) is 37.2 Å². The van der Waals surface area contributed by atoms with Crippen molar-refractivity contribution in [3.8, 4) is 0 Å². The van der Waals surface area contributed by atoms with Gasteiger partial charge in [-0.15, -0.1) is 0 Å². The second-order valence-corrected chi connectivity index (χ2v) is 17.3. The maximum absolute atomic E-state index is 12.7. The van der Waals surface area contributed by atoms with E-state index in [9.17, 15) is 14.4 Å². The topological polar surface area (TPSA) is 78.9 Å². The molecule has 0 unspecified atom stereocenters. The highest BCUT2D eigenvalue weighted by Gasteiger charge is 2.19. The average Bonchev–Trinajstić information content (AvgIpc) is 3.14. The molecular formula is C48H92O6. The van der Waals surface area contributed by atoms with E-state index < -0.39 is 6.10 Å². The first-order valence-corrected chi connectivity index (χ1v) is 23.7. The highest BCUT2D eigenvalue weighted by Crippen LogP contribution is 2.17. The summed E-state index contributed by atoms with van der Waals surface area (Å²) in [5.41, 5.74) is 0. The molecule has 54 heavy (non-hydrogen) atoms. The Morgan fingerprint density at radius 2 is 0.611 bits per heavy atom. The van der Waals surface area contributed by atoms with Crippen molar-refractivity contribution in [3.63, 3.8) is 0 Å². The lowest BCUT2D eigenvalue weighted by Crippen LogP contribution is -2.30. The highest BCUT2D eigenvalue weighted by molar-refractivity contribution is 5.71. The molecule has 0 saturated heterocycles. The van der Waals surface area contributed by atoms with Gasteiger partial charge in [0, 0.05) is 19.3 Å². The van der Waals surface area contributed by atoms with Crippen molar-refractivity contribution in [2.24, 2.45) is 11.8 Å². The van der Waals surface area contributed by atoms with Crippen LogP contribution in [-0.2, 0) is 28.6 Å². The smallest absolute Gasteiger partial charge is 0.306 e. The third kappa shape index (κ3) is 41.6. The predicted molar refractivity (Wildman–Crippen MR) is 229 cm³/mol. The van der Waals surface area contributed by atoms with Crippen molar-refractivity contribution in [1.82, 2.24) is 0 Å². The molecule has 0 radical (unpaired) electrons. The summed E-state index contributed by atoms with van der Waals surface area (Å²) in [5, 5.41) is 0. The van der Waals surface area contributed by atoms with Gasteiger partial charge in [-0.1, -0.05) is 221 Å². The molecule has 0 aromatic heterocycles. The lowest BCUT2D eigenvalue weighted by molar-refractivity contribution is -0.167. The molecule has 0 spiro atoms. The molecule has 0 aromatic carbocycles. The van der Waals surface area contributed by atoms with Crippen LogP contribution in [0.5, 0.6) is 0 Å². The van der Waals surface area contributed by atoms with Gasteiger partial charge in [0.05, 0.1) is 0 Å². The monoisotopic (exact) mass is 765 g/mol. The number of carbonyl (C=O) groups is 3. The first-order chi connectivity index (χ1) is 26.2. The van der Waals surface area contributed by atoms with E-state index in [1.807, 2.05) is 0 Å². The first-order valence-electron chi connectivity index (χ1n) is 23.7. The van der Waals surface area contributed by atoms with Gasteiger partial charge in [0.25, 0.3) is 0 Å². The van der Waals surface area contributed by atoms with Crippen LogP contribution in [0.1, 0.15) is 259 Å². The molecule has 0 aliphatic heterocycles. The number of carbonyl (C=O) groups excluding carboxylic acids is 3. The summed E-state index contributed by atoms with van der Waals surface area (Å²) < 4.78 is 16.7. The maximum Gasteiger partial charge on any atom is 0.306 e. The van der Waals surface area contributed by atoms with Gasteiger partial charge < -0.3 is 14.2 Å². The predicted octanol–water partition coefficient (Wildman–Crippen LogP) is 15.0. The number of unbranched alkanes of at least 4 members (excludes halogenated alkanes) is 27. The summed E-state index contributed by atoms with van der Waals surface area (Å²) in [7, 11) is 0. The fraction of sp³-hybridized carbons (Fsp3) is 0.938. The van der Waals surface area contributed by atoms with Crippen molar-refractivity contribution in [2.45, 2.75) is 265 Å². The van der Waals surface area contributed by atoms with Crippen LogP contribution in [0.25, 0.3) is 0 Å². The van der Waals surface area contributed by atoms with Crippen molar-refractivity contribution in [1.29, 1.82) is 0 Å². The van der Waals surface area contributed by atoms with E-state index in [2.05, 4.69) is 34.6 Å². The van der Waals surface area contributed by atoms with Gasteiger partial charge in [-0.25, -0.2) is 0 Å². The standard InChI is InChI=1S/C48H92O6/c1-6-7-8-9-10-11-12-13-14-15-16-17-18-19-22-28-33-38-46(49)52-41-45(54-48(51)40-35-30-25-24-27-32-37-44(4)5)42-53-47(50)39-34-29-23-20-21-26-31-36-43(2)3/h43-45H,6-42H2,1-5H3/t45-/m0/s1. The maximum atomic E-state index is 12.7. The van der Waals surface area contributed by atoms with Crippen LogP contribution >= 0.6 is 0 Å². The van der Waals surface area contributed by atoms with E-state index in [1.54, 1.807) is 0 Å². The van der Waals surface area contributed by atoms with Crippen LogP contribution in [0, 0.1) is 11.8 Å². The highest BCUT2D eigenvalue weighted by atomic mass is 16.6. The zero-order chi connectivity index (χ0) is 39.7. The van der Waals surface area contributed by atoms with Crippen molar-refractivity contribution in [2.75, 3.05) is 13.2 Å². The summed E-state index contributed by atoms with van der Waals surface area (Å²) in [6.07, 6.45) is 39.7. The molecule has 0 aliphatic rings. The van der Waals surface area contributed by atoms with Gasteiger partial charge in [-0.05, 0) is 31.1 Å². The Kier molecular flexibility index (Phi) is 39.8. The van der Waals surface area contributed by atoms with Gasteiger partial charge in [0.2, 0.25) is 0 Å². The van der Waals surface area contributed by atoms with Crippen LogP contribution in [0.4, 0.5) is 0 Å². The third-order valence-corrected chi connectivity index (χ3v) is 10.7. The largest absolute Gasteiger partial charge is 0.462 e. The zero-order valence-electron chi connectivity index (χ0n) is 36.8. The molecule has 0 rings (SSSR count). The quantitative estimate of drug-likeness (QED) is 0.0350. The molecule has 0 heterocycles. The fourth-order valence-electron chi connectivity index (χ4n) is 7.11. The first kappa shape index (κ1) is 52.4. The molecule has 0 aromatic rings. The van der Waals surface area contributed by atoms with E-state index >= 15 is 0 Å². The molecule has 6 heteroatoms. The molecular weight excluding hydrogens is 673 g/mol. The summed E-state index contributed by atoms with van der Waals surface area (Å²) in [6, 6.07) is 0. The SMILES string of the molecule is CCCCCCCCCCCCCCCCCCCC(=O)OC[C@@H](COC(=O)CCCCCCCCCC(C)C)OC(=O)CCCCCCCCC(C)C. The van der Waals surface area contributed by atoms with Crippen LogP contribution < -0.4 is 0 Å². The van der Waals surface area contributed by atoms with E-state index in [0.29, 0.717) is 19.3 Å². The second kappa shape index (κ2) is 41.1. The number of rotatable bonds is 42. The summed E-state index contributed by atoms with van der Waals surface area (Å²) in [6.45, 7) is 11.2. The normalized spacial score (nSPS) is 12.1. The van der Waals surface area contributed by atoms with E-state index in [-0.39, 0.29) is 31.1 Å². The number of hydrogen-bond donors (Lipinski definition) is 0. The minimum absolute atomic E-state index is 0.0660. The lowest BCUT2D eigenvalue weighted by Gasteiger charge is -2.18. The van der Waals surface area contributed by atoms with Crippen molar-refractivity contribution < 1.29 is 28.6 Å². The van der Waals surface area contributed by atoms with Crippen molar-refractivity contribution in [3.05, 3.63) is 0 Å². The Bertz CT molecular complexity index is 824. The minimum Gasteiger partial charge on any atom is -0.462 e. The molecule has 0 fully saturated rings. The van der Waals surface area contributed by atoms with Gasteiger partial charge in [-0.2, -0.15) is 0 Å². The molecule has 6 nitrogen and oxygen atoms in total. The molecule has 0 amide bonds. The third-order valence-electron chi connectivity index (χ3n) is 10.7. The van der Waals surface area contributed by atoms with Gasteiger partial charge in [-0.3, -0.25) is 14.4 Å². The molecule has 0 aliphatic carbocycles. The minimum atomic E-state index is -0.761. The van der Waals surface area contributed by atoms with Gasteiger partial charge >= 0.3 is 17.9 Å². The second-order valence-electron chi connectivity index (χ2n) is 17.3. The van der Waals surface area contributed by atoms with E-state index in [4.69, 9.17) is 14.2 Å². The summed E-state index contributed by atoms with van der Waals surface area (Å²) in [4.78, 5) is 37.7. The number of esters is 3. The molecule has 320 valence electrons. The number of hydrogen-bond acceptors (Lipinski definition) is 6. The molecule has 0 saturated carbocycles. The molecule has 0 N–H and O–H groups in total. The Morgan fingerprint density at radius 3 is 0.907 bits per heavy atom. The Hall–Kier alpha value is -1.59. The summed E-state index contributed by atoms with van der Waals surface area (Å²) in [5.74, 6) is 0.677. The Balaban J connectivity index is 4.24. The average molecular weight is 765 g/mol. The molecule has 0 bridgehead atoms.